The molecule has 6 heteroatoms. The molecule has 1 unspecified atom stereocenters. The number of unbranched alkanes of at least 4 members (excludes halogenated alkanes) is 3. The highest BCUT2D eigenvalue weighted by atomic mass is 31.2. The van der Waals surface area contributed by atoms with Gasteiger partial charge in [0, 0.05) is 25.0 Å². The lowest BCUT2D eigenvalue weighted by atomic mass is 10.2. The first-order valence-electron chi connectivity index (χ1n) is 9.15. The van der Waals surface area contributed by atoms with E-state index in [2.05, 4.69) is 40.3 Å². The van der Waals surface area contributed by atoms with Gasteiger partial charge >= 0.3 is 0 Å². The van der Waals surface area contributed by atoms with E-state index in [0.717, 1.165) is 23.4 Å². The van der Waals surface area contributed by atoms with Crippen LogP contribution in [0.1, 0.15) is 25.7 Å². The van der Waals surface area contributed by atoms with Gasteiger partial charge in [-0.1, -0.05) is 38.7 Å². The Kier molecular flexibility index (Phi) is 11.5. The lowest BCUT2D eigenvalue weighted by Gasteiger charge is -2.30. The topological polar surface area (TPSA) is 40.1 Å². The van der Waals surface area contributed by atoms with Gasteiger partial charge in [-0.3, -0.25) is 0 Å². The van der Waals surface area contributed by atoms with Crippen molar-refractivity contribution in [1.29, 1.82) is 0 Å². The third-order valence-electron chi connectivity index (χ3n) is 4.37. The van der Waals surface area contributed by atoms with E-state index in [9.17, 15) is 9.46 Å². The maximum Gasteiger partial charge on any atom is 0.0782 e. The highest BCUT2D eigenvalue weighted by Gasteiger charge is 2.15. The zero-order valence-electron chi connectivity index (χ0n) is 15.9. The number of quaternary nitrogens is 1. The second kappa shape index (κ2) is 11.2. The van der Waals surface area contributed by atoms with Crippen molar-refractivity contribution in [3.63, 3.8) is 0 Å². The summed E-state index contributed by atoms with van der Waals surface area (Å²) < 4.78 is 13.1. The standard InChI is InChI=1S/C16H40NO2PSi2/c1-17(2,12-15-21(3)4)11-9-7-8-10-13-20(18,19)14-16-22(5)6/h21-22H,7-16H2,1-6H3. The molecule has 0 saturated carbocycles. The maximum atomic E-state index is 11.9. The summed E-state index contributed by atoms with van der Waals surface area (Å²) >= 11 is 0. The van der Waals surface area contributed by atoms with Crippen molar-refractivity contribution in [2.45, 2.75) is 64.0 Å². The third kappa shape index (κ3) is 14.2. The summed E-state index contributed by atoms with van der Waals surface area (Å²) in [7, 11) is 0.437. The van der Waals surface area contributed by atoms with Gasteiger partial charge in [0.2, 0.25) is 0 Å². The monoisotopic (exact) mass is 365 g/mol. The Morgan fingerprint density at radius 2 is 1.36 bits per heavy atom. The van der Waals surface area contributed by atoms with E-state index in [-0.39, 0.29) is 0 Å². The van der Waals surface area contributed by atoms with E-state index in [4.69, 9.17) is 0 Å². The molecule has 0 aliphatic rings. The van der Waals surface area contributed by atoms with E-state index < -0.39 is 25.0 Å². The van der Waals surface area contributed by atoms with Crippen molar-refractivity contribution in [3.05, 3.63) is 0 Å². The second-order valence-corrected chi connectivity index (χ2v) is 17.7. The molecule has 22 heavy (non-hydrogen) atoms. The van der Waals surface area contributed by atoms with Gasteiger partial charge < -0.3 is 13.9 Å². The average Bonchev–Trinajstić information content (AvgIpc) is 2.38. The molecule has 0 aromatic carbocycles. The molecule has 0 radical (unpaired) electrons. The van der Waals surface area contributed by atoms with Crippen LogP contribution in [0.15, 0.2) is 0 Å². The first-order valence-corrected chi connectivity index (χ1v) is 17.4. The van der Waals surface area contributed by atoms with Crippen LogP contribution in [-0.2, 0) is 4.57 Å². The predicted octanol–water partition coefficient (Wildman–Crippen LogP) is 3.24. The molecule has 0 heterocycles. The quantitative estimate of drug-likeness (QED) is 0.218. The van der Waals surface area contributed by atoms with Gasteiger partial charge in [-0.15, -0.1) is 0 Å². The van der Waals surface area contributed by atoms with Gasteiger partial charge in [0.15, 0.2) is 0 Å². The first kappa shape index (κ1) is 22.6. The number of hydrogen-bond acceptors (Lipinski definition) is 2. The van der Waals surface area contributed by atoms with Crippen LogP contribution in [-0.4, -0.2) is 61.6 Å². The molecular formula is C16H40NO2PSi2. The van der Waals surface area contributed by atoms with Crippen LogP contribution in [0.2, 0.25) is 38.3 Å². The molecule has 0 aromatic heterocycles. The molecule has 0 aliphatic carbocycles. The molecule has 0 aliphatic heterocycles. The Morgan fingerprint density at radius 1 is 0.818 bits per heavy atom. The van der Waals surface area contributed by atoms with Crippen LogP contribution >= 0.6 is 7.37 Å². The molecule has 0 saturated heterocycles. The van der Waals surface area contributed by atoms with Crippen LogP contribution in [0.4, 0.5) is 0 Å². The summed E-state index contributed by atoms with van der Waals surface area (Å²) in [6.07, 6.45) is 5.25. The van der Waals surface area contributed by atoms with Crippen LogP contribution in [0.5, 0.6) is 0 Å². The highest BCUT2D eigenvalue weighted by Crippen LogP contribution is 2.37. The number of rotatable bonds is 13. The van der Waals surface area contributed by atoms with Gasteiger partial charge in [-0.2, -0.15) is 0 Å². The molecule has 0 rings (SSSR count). The molecule has 134 valence electrons. The van der Waals surface area contributed by atoms with Crippen LogP contribution < -0.4 is 4.89 Å². The fourth-order valence-corrected chi connectivity index (χ4v) is 8.32. The SMILES string of the molecule is C[SiH](C)CC[N+](C)(C)CCCCCCP(=O)([O-])CC[SiH](C)C. The van der Waals surface area contributed by atoms with Crippen molar-refractivity contribution in [3.8, 4) is 0 Å². The summed E-state index contributed by atoms with van der Waals surface area (Å²) in [5, 5.41) is 0. The van der Waals surface area contributed by atoms with Crippen molar-refractivity contribution in [2.75, 3.05) is 39.5 Å². The summed E-state index contributed by atoms with van der Waals surface area (Å²) in [5.74, 6) is 0. The zero-order valence-corrected chi connectivity index (χ0v) is 19.1. The van der Waals surface area contributed by atoms with Gasteiger partial charge in [0.1, 0.15) is 0 Å². The zero-order chi connectivity index (χ0) is 17.2. The maximum absolute atomic E-state index is 11.9. The minimum Gasteiger partial charge on any atom is -0.799 e. The predicted molar refractivity (Wildman–Crippen MR) is 105 cm³/mol. The van der Waals surface area contributed by atoms with Crippen LogP contribution in [0.25, 0.3) is 0 Å². The van der Waals surface area contributed by atoms with Gasteiger partial charge in [0.25, 0.3) is 0 Å². The molecule has 0 amide bonds. The third-order valence-corrected chi connectivity index (χ3v) is 9.65. The molecule has 0 fully saturated rings. The number of nitrogens with zero attached hydrogens (tertiary/aromatic N) is 1. The fourth-order valence-electron chi connectivity index (χ4n) is 2.53. The second-order valence-electron chi connectivity index (χ2n) is 8.42. The van der Waals surface area contributed by atoms with Crippen molar-refractivity contribution in [2.24, 2.45) is 0 Å². The van der Waals surface area contributed by atoms with Crippen molar-refractivity contribution in [1.82, 2.24) is 0 Å². The minimum atomic E-state index is -3.06. The summed E-state index contributed by atoms with van der Waals surface area (Å²) in [6, 6.07) is 2.37. The van der Waals surface area contributed by atoms with E-state index in [1.807, 2.05) is 0 Å². The smallest absolute Gasteiger partial charge is 0.0782 e. The summed E-state index contributed by atoms with van der Waals surface area (Å²) in [4.78, 5) is 11.9. The van der Waals surface area contributed by atoms with E-state index in [1.165, 1.54) is 32.0 Å². The van der Waals surface area contributed by atoms with E-state index in [1.54, 1.807) is 0 Å². The van der Waals surface area contributed by atoms with Crippen LogP contribution in [0.3, 0.4) is 0 Å². The van der Waals surface area contributed by atoms with Gasteiger partial charge in [-0.25, -0.2) is 0 Å². The highest BCUT2D eigenvalue weighted by molar-refractivity contribution is 7.56. The van der Waals surface area contributed by atoms with E-state index >= 15 is 0 Å². The molecule has 0 spiro atoms. The molecule has 0 N–H and O–H groups in total. The van der Waals surface area contributed by atoms with Crippen molar-refractivity contribution < 1.29 is 13.9 Å². The Hall–Kier alpha value is 0.584. The molecule has 3 nitrogen and oxygen atoms in total. The lowest BCUT2D eigenvalue weighted by Crippen LogP contribution is -2.42. The Bertz CT molecular complexity index is 336. The minimum absolute atomic E-state index is 0.435. The summed E-state index contributed by atoms with van der Waals surface area (Å²) in [5.41, 5.74) is 0. The normalized spacial score (nSPS) is 15.5. The summed E-state index contributed by atoms with van der Waals surface area (Å²) in [6.45, 7) is 11.8. The number of hydrogen-bond donors (Lipinski definition) is 0. The fraction of sp³-hybridized carbons (Fsp3) is 1.00. The first-order chi connectivity index (χ1) is 10.0. The van der Waals surface area contributed by atoms with Crippen LogP contribution in [0, 0.1) is 0 Å². The molecule has 0 bridgehead atoms. The van der Waals surface area contributed by atoms with Gasteiger partial charge in [0.05, 0.1) is 27.2 Å². The largest absolute Gasteiger partial charge is 0.799 e. The Balaban J connectivity index is 3.70. The molecule has 0 aromatic rings. The molecule has 1 atom stereocenters. The molecular weight excluding hydrogens is 325 g/mol. The Morgan fingerprint density at radius 3 is 1.91 bits per heavy atom. The van der Waals surface area contributed by atoms with Gasteiger partial charge in [-0.05, 0) is 37.6 Å². The lowest BCUT2D eigenvalue weighted by molar-refractivity contribution is -0.888. The van der Waals surface area contributed by atoms with E-state index in [0.29, 0.717) is 12.3 Å². The van der Waals surface area contributed by atoms with Crippen molar-refractivity contribution >= 4 is 25.0 Å². The Labute approximate surface area is 142 Å². The average molecular weight is 366 g/mol.